The summed E-state index contributed by atoms with van der Waals surface area (Å²) in [5.41, 5.74) is 0.963. The Bertz CT molecular complexity index is 596. The fourth-order valence-electron chi connectivity index (χ4n) is 1.85. The zero-order valence-electron chi connectivity index (χ0n) is 13.2. The van der Waals surface area contributed by atoms with Gasteiger partial charge in [0.05, 0.1) is 0 Å². The van der Waals surface area contributed by atoms with Crippen LogP contribution in [0, 0.1) is 5.92 Å². The molecule has 0 fully saturated rings. The van der Waals surface area contributed by atoms with Gasteiger partial charge in [0.15, 0.2) is 5.82 Å². The molecule has 0 bridgehead atoms. The van der Waals surface area contributed by atoms with Gasteiger partial charge in [0.2, 0.25) is 5.91 Å². The van der Waals surface area contributed by atoms with Crippen molar-refractivity contribution >= 4 is 5.91 Å². The molecule has 6 heteroatoms. The lowest BCUT2D eigenvalue weighted by Gasteiger charge is -2.15. The van der Waals surface area contributed by atoms with Gasteiger partial charge in [0.25, 0.3) is 0 Å². The Balaban J connectivity index is 1.89. The van der Waals surface area contributed by atoms with Crippen LogP contribution in [0.4, 0.5) is 0 Å². The van der Waals surface area contributed by atoms with Crippen LogP contribution in [-0.2, 0) is 16.1 Å². The minimum Gasteiger partial charge on any atom is -0.368 e. The Kier molecular flexibility index (Phi) is 5.66. The summed E-state index contributed by atoms with van der Waals surface area (Å²) in [5, 5.41) is 7.01. The van der Waals surface area contributed by atoms with Gasteiger partial charge in [-0.15, -0.1) is 0 Å². The Hall–Kier alpha value is -2.21. The van der Waals surface area contributed by atoms with Crippen molar-refractivity contribution in [2.75, 3.05) is 6.61 Å². The lowest BCUT2D eigenvalue weighted by atomic mass is 10.2. The van der Waals surface area contributed by atoms with E-state index >= 15 is 0 Å². The maximum atomic E-state index is 12.0. The number of carbonyl (C=O) groups excluding carboxylic acids is 1. The van der Waals surface area contributed by atoms with Crippen LogP contribution in [0.15, 0.2) is 36.8 Å². The van der Waals surface area contributed by atoms with Crippen molar-refractivity contribution in [2.45, 2.75) is 33.4 Å². The summed E-state index contributed by atoms with van der Waals surface area (Å²) in [4.78, 5) is 16.2. The van der Waals surface area contributed by atoms with Gasteiger partial charge in [-0.3, -0.25) is 4.79 Å². The molecule has 0 radical (unpaired) electrons. The molecule has 2 rings (SSSR count). The summed E-state index contributed by atoms with van der Waals surface area (Å²) in [6.45, 7) is 6.88. The second-order valence-corrected chi connectivity index (χ2v) is 5.56. The molecule has 0 aliphatic carbocycles. The second kappa shape index (κ2) is 7.70. The second-order valence-electron chi connectivity index (χ2n) is 5.56. The highest BCUT2D eigenvalue weighted by Crippen LogP contribution is 2.06. The number of hydrogen-bond donors (Lipinski definition) is 1. The smallest absolute Gasteiger partial charge is 0.249 e. The van der Waals surface area contributed by atoms with E-state index in [-0.39, 0.29) is 5.91 Å². The van der Waals surface area contributed by atoms with Crippen molar-refractivity contribution in [2.24, 2.45) is 5.92 Å². The van der Waals surface area contributed by atoms with Crippen molar-refractivity contribution in [3.63, 3.8) is 0 Å². The molecule has 2 heterocycles. The third-order valence-corrected chi connectivity index (χ3v) is 3.06. The van der Waals surface area contributed by atoms with E-state index in [4.69, 9.17) is 4.74 Å². The van der Waals surface area contributed by atoms with Crippen LogP contribution < -0.4 is 5.32 Å². The highest BCUT2D eigenvalue weighted by molar-refractivity contribution is 5.80. The fraction of sp³-hybridized carbons (Fsp3) is 0.438. The average Bonchev–Trinajstić information content (AvgIpc) is 3.05. The number of nitrogens with zero attached hydrogens (tertiary/aromatic N) is 3. The molecular formula is C16H22N4O2. The van der Waals surface area contributed by atoms with Gasteiger partial charge in [0.1, 0.15) is 6.10 Å². The van der Waals surface area contributed by atoms with Crippen LogP contribution in [0.1, 0.15) is 26.3 Å². The van der Waals surface area contributed by atoms with Crippen molar-refractivity contribution in [1.29, 1.82) is 0 Å². The number of nitrogens with one attached hydrogen (secondary N) is 1. The summed E-state index contributed by atoms with van der Waals surface area (Å²) >= 11 is 0. The molecule has 118 valence electrons. The molecule has 0 aliphatic rings. The van der Waals surface area contributed by atoms with Crippen LogP contribution in [-0.4, -0.2) is 33.4 Å². The molecule has 22 heavy (non-hydrogen) atoms. The fourth-order valence-corrected chi connectivity index (χ4v) is 1.85. The lowest BCUT2D eigenvalue weighted by molar-refractivity contribution is -0.132. The zero-order chi connectivity index (χ0) is 15.9. The number of ether oxygens (including phenoxy) is 1. The maximum Gasteiger partial charge on any atom is 0.249 e. The third-order valence-electron chi connectivity index (χ3n) is 3.06. The molecule has 0 saturated carbocycles. The Morgan fingerprint density at radius 1 is 1.36 bits per heavy atom. The molecule has 0 aromatic carbocycles. The average molecular weight is 302 g/mol. The van der Waals surface area contributed by atoms with Gasteiger partial charge in [-0.1, -0.05) is 13.8 Å². The molecule has 0 spiro atoms. The number of pyridine rings is 1. The van der Waals surface area contributed by atoms with Gasteiger partial charge >= 0.3 is 0 Å². The van der Waals surface area contributed by atoms with Gasteiger partial charge in [-0.05, 0) is 36.6 Å². The van der Waals surface area contributed by atoms with E-state index in [1.807, 2.05) is 24.4 Å². The lowest BCUT2D eigenvalue weighted by Crippen LogP contribution is -2.34. The molecule has 6 nitrogen and oxygen atoms in total. The van der Waals surface area contributed by atoms with Crippen LogP contribution >= 0.6 is 0 Å². The van der Waals surface area contributed by atoms with Crippen molar-refractivity contribution < 1.29 is 9.53 Å². The van der Waals surface area contributed by atoms with E-state index in [0.717, 1.165) is 11.4 Å². The zero-order valence-corrected chi connectivity index (χ0v) is 13.2. The predicted octanol–water partition coefficient (Wildman–Crippen LogP) is 1.94. The number of aromatic nitrogens is 3. The van der Waals surface area contributed by atoms with E-state index in [1.165, 1.54) is 0 Å². The first-order valence-corrected chi connectivity index (χ1v) is 7.40. The highest BCUT2D eigenvalue weighted by atomic mass is 16.5. The number of rotatable bonds is 7. The van der Waals surface area contributed by atoms with Crippen molar-refractivity contribution in [3.05, 3.63) is 42.4 Å². The Morgan fingerprint density at radius 2 is 2.18 bits per heavy atom. The molecule has 1 N–H and O–H groups in total. The monoisotopic (exact) mass is 302 g/mol. The van der Waals surface area contributed by atoms with Gasteiger partial charge < -0.3 is 10.1 Å². The Morgan fingerprint density at radius 3 is 2.86 bits per heavy atom. The topological polar surface area (TPSA) is 69.0 Å². The van der Waals surface area contributed by atoms with E-state index in [9.17, 15) is 4.79 Å². The number of hydrogen-bond acceptors (Lipinski definition) is 4. The first-order valence-electron chi connectivity index (χ1n) is 7.40. The maximum absolute atomic E-state index is 12.0. The standard InChI is InChI=1S/C16H22N4O2/c1-12(2)11-22-13(3)16(21)18-10-14-5-7-17-15(9-14)20-8-4-6-19-20/h4-9,12-13H,10-11H2,1-3H3,(H,18,21)/t13-/m1/s1. The molecule has 0 aliphatic heterocycles. The predicted molar refractivity (Wildman–Crippen MR) is 83.5 cm³/mol. The first-order chi connectivity index (χ1) is 10.6. The quantitative estimate of drug-likeness (QED) is 0.848. The van der Waals surface area contributed by atoms with Gasteiger partial charge in [-0.25, -0.2) is 9.67 Å². The first kappa shape index (κ1) is 16.2. The summed E-state index contributed by atoms with van der Waals surface area (Å²) in [5.74, 6) is 1.02. The van der Waals surface area contributed by atoms with Crippen molar-refractivity contribution in [3.8, 4) is 5.82 Å². The van der Waals surface area contributed by atoms with E-state index < -0.39 is 6.10 Å². The van der Waals surface area contributed by atoms with Crippen LogP contribution in [0.3, 0.4) is 0 Å². The number of carbonyl (C=O) groups is 1. The van der Waals surface area contributed by atoms with E-state index in [0.29, 0.717) is 19.1 Å². The molecule has 2 aromatic heterocycles. The molecule has 0 saturated heterocycles. The van der Waals surface area contributed by atoms with Crippen LogP contribution in [0.5, 0.6) is 0 Å². The van der Waals surface area contributed by atoms with E-state index in [2.05, 4.69) is 29.2 Å². The summed E-state index contributed by atoms with van der Waals surface area (Å²) < 4.78 is 7.18. The van der Waals surface area contributed by atoms with E-state index in [1.54, 1.807) is 24.0 Å². The Labute approximate surface area is 130 Å². The highest BCUT2D eigenvalue weighted by Gasteiger charge is 2.13. The van der Waals surface area contributed by atoms with Gasteiger partial charge in [-0.2, -0.15) is 5.10 Å². The van der Waals surface area contributed by atoms with Crippen LogP contribution in [0.25, 0.3) is 5.82 Å². The largest absolute Gasteiger partial charge is 0.368 e. The SMILES string of the molecule is CC(C)CO[C@H](C)C(=O)NCc1ccnc(-n2cccn2)c1. The molecule has 1 atom stereocenters. The summed E-state index contributed by atoms with van der Waals surface area (Å²) in [6.07, 6.45) is 4.78. The summed E-state index contributed by atoms with van der Waals surface area (Å²) in [6, 6.07) is 5.60. The number of amides is 1. The minimum atomic E-state index is -0.449. The van der Waals surface area contributed by atoms with Gasteiger partial charge in [0, 0.05) is 31.7 Å². The molecule has 2 aromatic rings. The molecular weight excluding hydrogens is 280 g/mol. The van der Waals surface area contributed by atoms with Crippen molar-refractivity contribution in [1.82, 2.24) is 20.1 Å². The minimum absolute atomic E-state index is 0.113. The summed E-state index contributed by atoms with van der Waals surface area (Å²) in [7, 11) is 0. The molecule has 0 unspecified atom stereocenters. The molecule has 1 amide bonds. The van der Waals surface area contributed by atoms with Crippen LogP contribution in [0.2, 0.25) is 0 Å². The normalized spacial score (nSPS) is 12.4. The third kappa shape index (κ3) is 4.66.